The molecule has 222 valence electrons. The van der Waals surface area contributed by atoms with Crippen molar-refractivity contribution in [2.75, 3.05) is 16.8 Å². The van der Waals surface area contributed by atoms with Crippen LogP contribution in [0.25, 0.3) is 0 Å². The lowest BCUT2D eigenvalue weighted by molar-refractivity contribution is -0.122. The van der Waals surface area contributed by atoms with Crippen LogP contribution in [0.15, 0.2) is 36.4 Å². The second-order valence-corrected chi connectivity index (χ2v) is 13.3. The van der Waals surface area contributed by atoms with E-state index in [2.05, 4.69) is 65.1 Å². The topological polar surface area (TPSA) is 75.7 Å². The van der Waals surface area contributed by atoms with Crippen LogP contribution in [0, 0.1) is 11.8 Å². The van der Waals surface area contributed by atoms with Crippen molar-refractivity contribution in [2.45, 2.75) is 104 Å². The van der Waals surface area contributed by atoms with Crippen molar-refractivity contribution in [1.29, 1.82) is 0 Å². The van der Waals surface area contributed by atoms with Crippen LogP contribution in [0.4, 0.5) is 11.4 Å². The molecule has 1 N–H and O–H groups in total. The third-order valence-electron chi connectivity index (χ3n) is 9.38. The number of nitrogens with one attached hydrogen (secondary N) is 1. The zero-order valence-electron chi connectivity index (χ0n) is 25.4. The fraction of sp³-hybridized carbons (Fsp3) is 0.559. The summed E-state index contributed by atoms with van der Waals surface area (Å²) in [5.41, 5.74) is 3.50. The number of hydrogen-bond donors (Lipinski definition) is 1. The molecular formula is C34H45ClN2O4. The number of amides is 3. The maximum Gasteiger partial charge on any atom is 0.237 e. The quantitative estimate of drug-likeness (QED) is 0.215. The van der Waals surface area contributed by atoms with Crippen LogP contribution in [0.1, 0.15) is 104 Å². The molecule has 1 aliphatic carbocycles. The molecule has 1 heterocycles. The molecule has 3 amide bonds. The summed E-state index contributed by atoms with van der Waals surface area (Å²) in [5.74, 6) is -0.0643. The maximum absolute atomic E-state index is 12.9. The number of carbonyl (C=O) groups excluding carboxylic acids is 3. The van der Waals surface area contributed by atoms with Gasteiger partial charge < -0.3 is 10.1 Å². The summed E-state index contributed by atoms with van der Waals surface area (Å²) in [4.78, 5) is 39.8. The van der Waals surface area contributed by atoms with Crippen molar-refractivity contribution in [3.8, 4) is 5.75 Å². The van der Waals surface area contributed by atoms with Gasteiger partial charge in [0.1, 0.15) is 5.75 Å². The third kappa shape index (κ3) is 6.63. The summed E-state index contributed by atoms with van der Waals surface area (Å²) in [6.45, 7) is 13.8. The Bertz CT molecular complexity index is 1280. The predicted octanol–water partition coefficient (Wildman–Crippen LogP) is 8.19. The van der Waals surface area contributed by atoms with Gasteiger partial charge in [-0.2, -0.15) is 0 Å². The number of anilines is 2. The number of carbonyl (C=O) groups is 3. The van der Waals surface area contributed by atoms with E-state index in [1.807, 2.05) is 0 Å². The highest BCUT2D eigenvalue weighted by Crippen LogP contribution is 2.42. The molecule has 1 saturated heterocycles. The normalized spacial score (nSPS) is 19.3. The third-order valence-corrected chi connectivity index (χ3v) is 9.68. The highest BCUT2D eigenvalue weighted by Gasteiger charge is 2.49. The van der Waals surface area contributed by atoms with Gasteiger partial charge in [-0.25, -0.2) is 4.90 Å². The van der Waals surface area contributed by atoms with Gasteiger partial charge in [-0.3, -0.25) is 14.4 Å². The number of benzene rings is 2. The number of nitrogens with zero attached hydrogens (tertiary/aromatic N) is 1. The van der Waals surface area contributed by atoms with E-state index in [0.717, 1.165) is 44.3 Å². The highest BCUT2D eigenvalue weighted by molar-refractivity contribution is 6.36. The first-order valence-electron chi connectivity index (χ1n) is 15.1. The Morgan fingerprint density at radius 3 is 2.17 bits per heavy atom. The average Bonchev–Trinajstić information content (AvgIpc) is 3.20. The summed E-state index contributed by atoms with van der Waals surface area (Å²) in [6.07, 6.45) is 6.34. The van der Waals surface area contributed by atoms with Gasteiger partial charge in [0.15, 0.2) is 0 Å². The van der Waals surface area contributed by atoms with Crippen LogP contribution >= 0.6 is 11.6 Å². The molecule has 0 bridgehead atoms. The predicted molar refractivity (Wildman–Crippen MR) is 166 cm³/mol. The van der Waals surface area contributed by atoms with Crippen molar-refractivity contribution in [3.05, 3.63) is 52.5 Å². The highest BCUT2D eigenvalue weighted by atomic mass is 35.5. The van der Waals surface area contributed by atoms with Gasteiger partial charge in [0.2, 0.25) is 17.7 Å². The van der Waals surface area contributed by atoms with Gasteiger partial charge >= 0.3 is 0 Å². The lowest BCUT2D eigenvalue weighted by Crippen LogP contribution is -2.31. The fourth-order valence-corrected chi connectivity index (χ4v) is 6.07. The van der Waals surface area contributed by atoms with Crippen LogP contribution in [0.3, 0.4) is 0 Å². The number of rotatable bonds is 11. The molecule has 6 nitrogen and oxygen atoms in total. The summed E-state index contributed by atoms with van der Waals surface area (Å²) < 4.78 is 6.21. The van der Waals surface area contributed by atoms with Crippen LogP contribution in [0.5, 0.6) is 5.75 Å². The van der Waals surface area contributed by atoms with Gasteiger partial charge in [0, 0.05) is 17.7 Å². The largest absolute Gasteiger partial charge is 0.493 e. The van der Waals surface area contributed by atoms with Crippen molar-refractivity contribution < 1.29 is 19.1 Å². The van der Waals surface area contributed by atoms with Crippen LogP contribution in [-0.4, -0.2) is 24.3 Å². The Kier molecular flexibility index (Phi) is 9.52. The maximum atomic E-state index is 12.9. The number of halogens is 1. The van der Waals surface area contributed by atoms with Crippen molar-refractivity contribution in [3.63, 3.8) is 0 Å². The number of ether oxygens (including phenoxy) is 1. The van der Waals surface area contributed by atoms with E-state index in [1.54, 1.807) is 18.2 Å². The van der Waals surface area contributed by atoms with Gasteiger partial charge in [-0.1, -0.05) is 78.1 Å². The molecule has 1 aliphatic heterocycles. The molecule has 0 radical (unpaired) electrons. The van der Waals surface area contributed by atoms with E-state index in [4.69, 9.17) is 16.3 Å². The van der Waals surface area contributed by atoms with Gasteiger partial charge in [-0.15, -0.1) is 0 Å². The summed E-state index contributed by atoms with van der Waals surface area (Å²) in [5, 5.41) is 3.15. The molecular weight excluding hydrogens is 536 g/mol. The molecule has 2 aromatic rings. The van der Waals surface area contributed by atoms with Crippen molar-refractivity contribution in [1.82, 2.24) is 0 Å². The molecule has 0 aromatic heterocycles. The van der Waals surface area contributed by atoms with E-state index in [0.29, 0.717) is 30.8 Å². The Labute approximate surface area is 250 Å². The second kappa shape index (κ2) is 12.6. The number of hydrogen-bond acceptors (Lipinski definition) is 4. The lowest BCUT2D eigenvalue weighted by atomic mass is 9.76. The molecule has 2 unspecified atom stereocenters. The van der Waals surface area contributed by atoms with Crippen LogP contribution < -0.4 is 15.0 Å². The second-order valence-electron chi connectivity index (χ2n) is 12.9. The molecule has 7 heteroatoms. The Hall–Kier alpha value is -2.86. The zero-order valence-corrected chi connectivity index (χ0v) is 26.2. The first-order valence-corrected chi connectivity index (χ1v) is 15.5. The molecule has 4 rings (SSSR count). The van der Waals surface area contributed by atoms with E-state index in [1.165, 1.54) is 16.0 Å². The van der Waals surface area contributed by atoms with E-state index >= 15 is 0 Å². The zero-order chi connectivity index (χ0) is 29.9. The first kappa shape index (κ1) is 31.1. The lowest BCUT2D eigenvalue weighted by Gasteiger charge is -2.30. The van der Waals surface area contributed by atoms with Gasteiger partial charge in [0.05, 0.1) is 29.2 Å². The molecule has 2 aliphatic rings. The molecule has 1 saturated carbocycles. The Balaban J connectivity index is 1.34. The van der Waals surface area contributed by atoms with Gasteiger partial charge in [-0.05, 0) is 72.8 Å². The van der Waals surface area contributed by atoms with Crippen molar-refractivity contribution >= 4 is 40.7 Å². The minimum absolute atomic E-state index is 0.0275. The van der Waals surface area contributed by atoms with Crippen LogP contribution in [-0.2, 0) is 25.2 Å². The molecule has 2 aromatic carbocycles. The van der Waals surface area contributed by atoms with Gasteiger partial charge in [0.25, 0.3) is 0 Å². The Morgan fingerprint density at radius 2 is 1.59 bits per heavy atom. The SMILES string of the molecule is CCC(C)(C)c1ccc(OCCCC(=O)Nc2ccc(N3C(=O)C4CCCCC4C3=O)c(Cl)c2)c(C(C)(C)CC)c1. The summed E-state index contributed by atoms with van der Waals surface area (Å²) in [7, 11) is 0. The van der Waals surface area contributed by atoms with E-state index in [-0.39, 0.29) is 45.4 Å². The minimum Gasteiger partial charge on any atom is -0.493 e. The molecule has 2 atom stereocenters. The monoisotopic (exact) mass is 580 g/mol. The fourth-order valence-electron chi connectivity index (χ4n) is 5.80. The van der Waals surface area contributed by atoms with Crippen LogP contribution in [0.2, 0.25) is 5.02 Å². The number of fused-ring (bicyclic) bond motifs is 1. The van der Waals surface area contributed by atoms with E-state index in [9.17, 15) is 14.4 Å². The average molecular weight is 581 g/mol. The minimum atomic E-state index is -0.237. The summed E-state index contributed by atoms with van der Waals surface area (Å²) >= 11 is 6.51. The summed E-state index contributed by atoms with van der Waals surface area (Å²) in [6, 6.07) is 11.5. The molecule has 0 spiro atoms. The Morgan fingerprint density at radius 1 is 0.951 bits per heavy atom. The molecule has 41 heavy (non-hydrogen) atoms. The molecule has 2 fully saturated rings. The smallest absolute Gasteiger partial charge is 0.237 e. The van der Waals surface area contributed by atoms with E-state index < -0.39 is 0 Å². The first-order chi connectivity index (χ1) is 19.4. The number of imide groups is 1. The van der Waals surface area contributed by atoms with Crippen molar-refractivity contribution in [2.24, 2.45) is 11.8 Å². The standard InChI is InChI=1S/C34H45ClN2O4/c1-7-33(3,4)22-15-18-29(26(20-22)34(5,6)8-2)41-19-11-14-30(38)36-23-16-17-28(27(35)21-23)37-31(39)24-12-9-10-13-25(24)32(37)40/h15-18,20-21,24-25H,7-14,19H2,1-6H3,(H,36,38).